The number of aromatic nitrogens is 2. The van der Waals surface area contributed by atoms with Gasteiger partial charge in [-0.05, 0) is 24.5 Å². The maximum Gasteiger partial charge on any atom is 0.226 e. The molecule has 0 saturated carbocycles. The summed E-state index contributed by atoms with van der Waals surface area (Å²) in [5.74, 6) is 1.38. The van der Waals surface area contributed by atoms with Gasteiger partial charge in [-0.3, -0.25) is 0 Å². The van der Waals surface area contributed by atoms with E-state index in [4.69, 9.17) is 10.3 Å². The van der Waals surface area contributed by atoms with Crippen molar-refractivity contribution in [1.29, 1.82) is 0 Å². The lowest BCUT2D eigenvalue weighted by Gasteiger charge is -2.00. The molecule has 92 valence electrons. The number of hydrogen-bond acceptors (Lipinski definition) is 4. The third-order valence-electron chi connectivity index (χ3n) is 2.46. The molecule has 0 aliphatic heterocycles. The molecule has 0 radical (unpaired) electrons. The predicted molar refractivity (Wildman–Crippen MR) is 68.0 cm³/mol. The minimum absolute atomic E-state index is 0. The summed E-state index contributed by atoms with van der Waals surface area (Å²) in [5.41, 5.74) is 7.94. The SMILES string of the molecule is Cc1noc(CCc2ccc(CN)cc2)n1.Cl. The summed E-state index contributed by atoms with van der Waals surface area (Å²) in [4.78, 5) is 4.16. The fourth-order valence-corrected chi connectivity index (χ4v) is 1.53. The lowest BCUT2D eigenvalue weighted by atomic mass is 10.1. The number of nitrogens with two attached hydrogens (primary N) is 1. The van der Waals surface area contributed by atoms with E-state index in [2.05, 4.69) is 22.3 Å². The van der Waals surface area contributed by atoms with E-state index in [9.17, 15) is 0 Å². The van der Waals surface area contributed by atoms with Crippen LogP contribution >= 0.6 is 12.4 Å². The normalized spacial score (nSPS) is 10.0. The first-order chi connectivity index (χ1) is 7.78. The van der Waals surface area contributed by atoms with Crippen LogP contribution in [-0.4, -0.2) is 10.1 Å². The van der Waals surface area contributed by atoms with E-state index < -0.39 is 0 Å². The second-order valence-corrected chi connectivity index (χ2v) is 3.76. The highest BCUT2D eigenvalue weighted by atomic mass is 35.5. The van der Waals surface area contributed by atoms with Gasteiger partial charge in [-0.15, -0.1) is 12.4 Å². The predicted octanol–water partition coefficient (Wildman–Crippen LogP) is 2.04. The summed E-state index contributed by atoms with van der Waals surface area (Å²) in [6, 6.07) is 8.28. The summed E-state index contributed by atoms with van der Waals surface area (Å²) in [7, 11) is 0. The summed E-state index contributed by atoms with van der Waals surface area (Å²) < 4.78 is 5.05. The number of rotatable bonds is 4. The summed E-state index contributed by atoms with van der Waals surface area (Å²) >= 11 is 0. The fourth-order valence-electron chi connectivity index (χ4n) is 1.53. The van der Waals surface area contributed by atoms with Crippen molar-refractivity contribution in [3.8, 4) is 0 Å². The van der Waals surface area contributed by atoms with Crippen LogP contribution in [0.5, 0.6) is 0 Å². The van der Waals surface area contributed by atoms with Crippen molar-refractivity contribution in [2.75, 3.05) is 0 Å². The molecule has 4 nitrogen and oxygen atoms in total. The maximum atomic E-state index is 5.53. The molecule has 0 unspecified atom stereocenters. The molecule has 0 atom stereocenters. The number of nitrogens with zero attached hydrogens (tertiary/aromatic N) is 2. The maximum absolute atomic E-state index is 5.53. The molecule has 0 aliphatic carbocycles. The largest absolute Gasteiger partial charge is 0.339 e. The standard InChI is InChI=1S/C12H15N3O.ClH/c1-9-14-12(16-15-9)7-6-10-2-4-11(8-13)5-3-10;/h2-5H,6-8,13H2,1H3;1H. The summed E-state index contributed by atoms with van der Waals surface area (Å²) in [6.07, 6.45) is 1.69. The van der Waals surface area contributed by atoms with Gasteiger partial charge >= 0.3 is 0 Å². The van der Waals surface area contributed by atoms with Crippen LogP contribution in [0.4, 0.5) is 0 Å². The van der Waals surface area contributed by atoms with Gasteiger partial charge in [0.05, 0.1) is 0 Å². The van der Waals surface area contributed by atoms with Crippen molar-refractivity contribution in [2.24, 2.45) is 5.73 Å². The Balaban J connectivity index is 0.00000144. The first-order valence-electron chi connectivity index (χ1n) is 5.35. The highest BCUT2D eigenvalue weighted by Crippen LogP contribution is 2.07. The molecule has 0 saturated heterocycles. The van der Waals surface area contributed by atoms with Crippen LogP contribution in [0.3, 0.4) is 0 Å². The minimum atomic E-state index is 0. The summed E-state index contributed by atoms with van der Waals surface area (Å²) in [6.45, 7) is 2.41. The smallest absolute Gasteiger partial charge is 0.226 e. The van der Waals surface area contributed by atoms with Crippen molar-refractivity contribution in [2.45, 2.75) is 26.3 Å². The van der Waals surface area contributed by atoms with Crippen molar-refractivity contribution in [1.82, 2.24) is 10.1 Å². The molecule has 2 aromatic rings. The zero-order valence-electron chi connectivity index (χ0n) is 9.72. The Hall–Kier alpha value is -1.39. The van der Waals surface area contributed by atoms with E-state index in [0.29, 0.717) is 18.3 Å². The van der Waals surface area contributed by atoms with Crippen LogP contribution in [0.15, 0.2) is 28.8 Å². The second kappa shape index (κ2) is 6.37. The molecule has 0 spiro atoms. The Kier molecular flexibility index (Phi) is 5.12. The highest BCUT2D eigenvalue weighted by Gasteiger charge is 2.02. The van der Waals surface area contributed by atoms with E-state index in [0.717, 1.165) is 18.4 Å². The molecule has 1 aromatic carbocycles. The lowest BCUT2D eigenvalue weighted by molar-refractivity contribution is 0.374. The van der Waals surface area contributed by atoms with Crippen LogP contribution in [-0.2, 0) is 19.4 Å². The van der Waals surface area contributed by atoms with Gasteiger partial charge in [-0.1, -0.05) is 29.4 Å². The molecule has 17 heavy (non-hydrogen) atoms. The number of benzene rings is 1. The van der Waals surface area contributed by atoms with E-state index in [1.54, 1.807) is 0 Å². The van der Waals surface area contributed by atoms with Crippen molar-refractivity contribution in [3.05, 3.63) is 47.1 Å². The highest BCUT2D eigenvalue weighted by molar-refractivity contribution is 5.85. The van der Waals surface area contributed by atoms with E-state index in [1.807, 2.05) is 19.1 Å². The molecule has 5 heteroatoms. The van der Waals surface area contributed by atoms with Crippen molar-refractivity contribution < 1.29 is 4.52 Å². The minimum Gasteiger partial charge on any atom is -0.339 e. The molecule has 0 fully saturated rings. The van der Waals surface area contributed by atoms with Gasteiger partial charge in [-0.25, -0.2) is 0 Å². The van der Waals surface area contributed by atoms with Crippen LogP contribution in [0.1, 0.15) is 22.8 Å². The monoisotopic (exact) mass is 253 g/mol. The van der Waals surface area contributed by atoms with Gasteiger partial charge in [0.2, 0.25) is 5.89 Å². The third-order valence-corrected chi connectivity index (χ3v) is 2.46. The zero-order chi connectivity index (χ0) is 11.4. The molecule has 2 rings (SSSR count). The Morgan fingerprint density at radius 2 is 1.76 bits per heavy atom. The van der Waals surface area contributed by atoms with Gasteiger partial charge in [0.25, 0.3) is 0 Å². The quantitative estimate of drug-likeness (QED) is 0.906. The molecule has 0 amide bonds. The second-order valence-electron chi connectivity index (χ2n) is 3.76. The molecule has 0 aliphatic rings. The zero-order valence-corrected chi connectivity index (χ0v) is 10.5. The van der Waals surface area contributed by atoms with Gasteiger partial charge in [0.1, 0.15) is 0 Å². The molecule has 2 N–H and O–H groups in total. The number of halogens is 1. The fraction of sp³-hybridized carbons (Fsp3) is 0.333. The Labute approximate surface area is 107 Å². The van der Waals surface area contributed by atoms with Crippen LogP contribution in [0, 0.1) is 6.92 Å². The number of aryl methyl sites for hydroxylation is 3. The van der Waals surface area contributed by atoms with Gasteiger partial charge < -0.3 is 10.3 Å². The third kappa shape index (κ3) is 3.84. The molecule has 0 bridgehead atoms. The lowest BCUT2D eigenvalue weighted by Crippen LogP contribution is -1.97. The molecular weight excluding hydrogens is 238 g/mol. The Morgan fingerprint density at radius 1 is 1.12 bits per heavy atom. The van der Waals surface area contributed by atoms with Gasteiger partial charge in [-0.2, -0.15) is 4.98 Å². The van der Waals surface area contributed by atoms with Crippen LogP contribution in [0.25, 0.3) is 0 Å². The number of hydrogen-bond donors (Lipinski definition) is 1. The van der Waals surface area contributed by atoms with Crippen LogP contribution < -0.4 is 5.73 Å². The topological polar surface area (TPSA) is 64.9 Å². The average molecular weight is 254 g/mol. The Bertz CT molecular complexity index is 453. The average Bonchev–Trinajstić information content (AvgIpc) is 2.73. The Morgan fingerprint density at radius 3 is 2.29 bits per heavy atom. The van der Waals surface area contributed by atoms with E-state index in [1.165, 1.54) is 5.56 Å². The van der Waals surface area contributed by atoms with Gasteiger partial charge in [0, 0.05) is 13.0 Å². The molecular formula is C12H16ClN3O. The first kappa shape index (κ1) is 13.7. The molecule has 1 heterocycles. The van der Waals surface area contributed by atoms with Gasteiger partial charge in [0.15, 0.2) is 5.82 Å². The summed E-state index contributed by atoms with van der Waals surface area (Å²) in [5, 5.41) is 3.75. The van der Waals surface area contributed by atoms with Crippen LogP contribution in [0.2, 0.25) is 0 Å². The molecule has 1 aromatic heterocycles. The first-order valence-corrected chi connectivity index (χ1v) is 5.35. The van der Waals surface area contributed by atoms with E-state index in [-0.39, 0.29) is 12.4 Å². The van der Waals surface area contributed by atoms with Crippen molar-refractivity contribution in [3.63, 3.8) is 0 Å². The van der Waals surface area contributed by atoms with Crippen molar-refractivity contribution >= 4 is 12.4 Å². The van der Waals surface area contributed by atoms with E-state index >= 15 is 0 Å².